The molecule has 0 heterocycles. The summed E-state index contributed by atoms with van der Waals surface area (Å²) in [4.78, 5) is 5.89. The second-order valence-electron chi connectivity index (χ2n) is 2.93. The van der Waals surface area contributed by atoms with Crippen LogP contribution >= 0.6 is 12.2 Å². The van der Waals surface area contributed by atoms with Gasteiger partial charge in [0.1, 0.15) is 0 Å². The molecule has 0 aromatic heterocycles. The molecule has 0 aromatic carbocycles. The van der Waals surface area contributed by atoms with Gasteiger partial charge in [0, 0.05) is 20.1 Å². The van der Waals surface area contributed by atoms with Crippen molar-refractivity contribution in [2.45, 2.75) is 18.9 Å². The summed E-state index contributed by atoms with van der Waals surface area (Å²) in [7, 11) is 3.84. The highest BCUT2D eigenvalue weighted by Gasteiger charge is 2.21. The Balaban J connectivity index is 2.18. The minimum atomic E-state index is 0.598. The highest BCUT2D eigenvalue weighted by molar-refractivity contribution is 7.80. The lowest BCUT2D eigenvalue weighted by atomic mass is 10.7. The van der Waals surface area contributed by atoms with E-state index in [-0.39, 0.29) is 0 Å². The highest BCUT2D eigenvalue weighted by atomic mass is 32.1. The van der Waals surface area contributed by atoms with E-state index in [9.17, 15) is 0 Å². The van der Waals surface area contributed by atoms with E-state index < -0.39 is 0 Å². The van der Waals surface area contributed by atoms with Gasteiger partial charge in [-0.05, 0) is 25.1 Å². The first kappa shape index (κ1) is 8.46. The zero-order valence-electron chi connectivity index (χ0n) is 6.87. The number of hydrogen-bond acceptors (Lipinski definition) is 1. The predicted molar refractivity (Wildman–Crippen MR) is 50.9 cm³/mol. The second kappa shape index (κ2) is 3.67. The van der Waals surface area contributed by atoms with Crippen molar-refractivity contribution in [2.75, 3.05) is 14.1 Å². The van der Waals surface area contributed by atoms with Crippen LogP contribution in [0.25, 0.3) is 0 Å². The summed E-state index contributed by atoms with van der Waals surface area (Å²) in [5.41, 5.74) is 0. The molecule has 1 fully saturated rings. The standard InChI is InChI=1S/C7H13N3S/c1-10(2)5-8-7(11)9-6-3-4-6/h5-6H,3-4H2,1-2H3,(H,9,11)/b8-5+. The molecule has 0 saturated heterocycles. The third-order valence-electron chi connectivity index (χ3n) is 1.31. The van der Waals surface area contributed by atoms with E-state index in [1.165, 1.54) is 12.8 Å². The van der Waals surface area contributed by atoms with Crippen molar-refractivity contribution < 1.29 is 0 Å². The molecule has 4 heteroatoms. The molecule has 0 atom stereocenters. The zero-order chi connectivity index (χ0) is 8.27. The SMILES string of the molecule is CN(C)/C=N/C(=S)NC1CC1. The average Bonchev–Trinajstić information content (AvgIpc) is 2.67. The fourth-order valence-corrected chi connectivity index (χ4v) is 0.821. The highest BCUT2D eigenvalue weighted by Crippen LogP contribution is 2.18. The molecule has 1 rings (SSSR count). The molecular formula is C7H13N3S. The zero-order valence-corrected chi connectivity index (χ0v) is 7.69. The van der Waals surface area contributed by atoms with Crippen LogP contribution in [0.2, 0.25) is 0 Å². The van der Waals surface area contributed by atoms with E-state index in [1.807, 2.05) is 19.0 Å². The molecule has 0 unspecified atom stereocenters. The number of aliphatic imine (C=N–C) groups is 1. The van der Waals surface area contributed by atoms with Gasteiger partial charge < -0.3 is 10.2 Å². The third kappa shape index (κ3) is 3.93. The van der Waals surface area contributed by atoms with E-state index in [4.69, 9.17) is 12.2 Å². The van der Waals surface area contributed by atoms with E-state index in [2.05, 4.69) is 10.3 Å². The fourth-order valence-electron chi connectivity index (χ4n) is 0.607. The predicted octanol–water partition coefficient (Wildman–Crippen LogP) is 0.613. The largest absolute Gasteiger partial charge is 0.369 e. The molecule has 11 heavy (non-hydrogen) atoms. The van der Waals surface area contributed by atoms with Crippen LogP contribution in [0.15, 0.2) is 4.99 Å². The van der Waals surface area contributed by atoms with Gasteiger partial charge in [0.15, 0.2) is 5.11 Å². The molecule has 0 aliphatic heterocycles. The van der Waals surface area contributed by atoms with Gasteiger partial charge in [-0.25, -0.2) is 4.99 Å². The van der Waals surface area contributed by atoms with Gasteiger partial charge in [0.05, 0.1) is 6.34 Å². The Morgan fingerprint density at radius 3 is 2.73 bits per heavy atom. The lowest BCUT2D eigenvalue weighted by Crippen LogP contribution is -2.22. The van der Waals surface area contributed by atoms with Crippen molar-refractivity contribution in [2.24, 2.45) is 4.99 Å². The molecule has 0 radical (unpaired) electrons. The fraction of sp³-hybridized carbons (Fsp3) is 0.714. The summed E-state index contributed by atoms with van der Waals surface area (Å²) in [5, 5.41) is 3.71. The quantitative estimate of drug-likeness (QED) is 0.375. The van der Waals surface area contributed by atoms with Crippen molar-refractivity contribution in [3.8, 4) is 0 Å². The summed E-state index contributed by atoms with van der Waals surface area (Å²) in [6.07, 6.45) is 4.17. The van der Waals surface area contributed by atoms with Gasteiger partial charge in [-0.3, -0.25) is 0 Å². The summed E-state index contributed by atoms with van der Waals surface area (Å²) < 4.78 is 0. The molecule has 3 nitrogen and oxygen atoms in total. The van der Waals surface area contributed by atoms with Crippen LogP contribution in [0.4, 0.5) is 0 Å². The third-order valence-corrected chi connectivity index (χ3v) is 1.53. The molecule has 1 saturated carbocycles. The minimum absolute atomic E-state index is 0.598. The van der Waals surface area contributed by atoms with E-state index in [0.717, 1.165) is 0 Å². The lowest BCUT2D eigenvalue weighted by molar-refractivity contribution is 0.643. The Kier molecular flexibility index (Phi) is 2.82. The Bertz CT molecular complexity index is 173. The second-order valence-corrected chi connectivity index (χ2v) is 3.32. The van der Waals surface area contributed by atoms with Crippen molar-refractivity contribution in [3.05, 3.63) is 0 Å². The van der Waals surface area contributed by atoms with Gasteiger partial charge >= 0.3 is 0 Å². The van der Waals surface area contributed by atoms with Crippen molar-refractivity contribution in [1.29, 1.82) is 0 Å². The van der Waals surface area contributed by atoms with Gasteiger partial charge in [0.2, 0.25) is 0 Å². The number of hydrogen-bond donors (Lipinski definition) is 1. The molecule has 1 N–H and O–H groups in total. The summed E-state index contributed by atoms with van der Waals surface area (Å²) in [5.74, 6) is 0. The first-order chi connectivity index (χ1) is 5.18. The summed E-state index contributed by atoms with van der Waals surface area (Å²) >= 11 is 4.95. The molecule has 0 aromatic rings. The van der Waals surface area contributed by atoms with Crippen LogP contribution in [0.5, 0.6) is 0 Å². The van der Waals surface area contributed by atoms with Gasteiger partial charge in [-0.2, -0.15) is 0 Å². The Morgan fingerprint density at radius 2 is 2.27 bits per heavy atom. The van der Waals surface area contributed by atoms with Crippen LogP contribution in [0, 0.1) is 0 Å². The number of nitrogens with one attached hydrogen (secondary N) is 1. The molecular weight excluding hydrogens is 158 g/mol. The number of thiocarbonyl (C=S) groups is 1. The van der Waals surface area contributed by atoms with Crippen LogP contribution in [-0.4, -0.2) is 36.5 Å². The van der Waals surface area contributed by atoms with Crippen molar-refractivity contribution in [1.82, 2.24) is 10.2 Å². The Morgan fingerprint density at radius 1 is 1.64 bits per heavy atom. The maximum atomic E-state index is 4.95. The van der Waals surface area contributed by atoms with E-state index >= 15 is 0 Å². The van der Waals surface area contributed by atoms with Crippen LogP contribution in [0.3, 0.4) is 0 Å². The van der Waals surface area contributed by atoms with Gasteiger partial charge in [0.25, 0.3) is 0 Å². The Hall–Kier alpha value is -0.640. The van der Waals surface area contributed by atoms with E-state index in [1.54, 1.807) is 6.34 Å². The lowest BCUT2D eigenvalue weighted by Gasteiger charge is -2.03. The molecule has 1 aliphatic rings. The maximum absolute atomic E-state index is 4.95. The maximum Gasteiger partial charge on any atom is 0.194 e. The van der Waals surface area contributed by atoms with Gasteiger partial charge in [-0.1, -0.05) is 0 Å². The molecule has 0 bridgehead atoms. The minimum Gasteiger partial charge on any atom is -0.369 e. The number of nitrogens with zero attached hydrogens (tertiary/aromatic N) is 2. The first-order valence-corrected chi connectivity index (χ1v) is 4.10. The monoisotopic (exact) mass is 171 g/mol. The molecule has 62 valence electrons. The van der Waals surface area contributed by atoms with Crippen molar-refractivity contribution in [3.63, 3.8) is 0 Å². The van der Waals surface area contributed by atoms with Crippen LogP contribution < -0.4 is 5.32 Å². The average molecular weight is 171 g/mol. The summed E-state index contributed by atoms with van der Waals surface area (Å²) in [6.45, 7) is 0. The van der Waals surface area contributed by atoms with Crippen molar-refractivity contribution >= 4 is 23.7 Å². The van der Waals surface area contributed by atoms with Gasteiger partial charge in [-0.15, -0.1) is 0 Å². The smallest absolute Gasteiger partial charge is 0.194 e. The number of rotatable bonds is 2. The van der Waals surface area contributed by atoms with Crippen LogP contribution in [0.1, 0.15) is 12.8 Å². The normalized spacial score (nSPS) is 16.9. The topological polar surface area (TPSA) is 27.6 Å². The first-order valence-electron chi connectivity index (χ1n) is 3.69. The Labute approximate surface area is 72.5 Å². The van der Waals surface area contributed by atoms with E-state index in [0.29, 0.717) is 11.2 Å². The molecule has 0 spiro atoms. The summed E-state index contributed by atoms with van der Waals surface area (Å²) in [6, 6.07) is 0.599. The molecule has 1 aliphatic carbocycles. The molecule has 0 amide bonds. The van der Waals surface area contributed by atoms with Crippen LogP contribution in [-0.2, 0) is 0 Å².